The van der Waals surface area contributed by atoms with Crippen LogP contribution in [0.15, 0.2) is 54.6 Å². The molecule has 1 aromatic heterocycles. The van der Waals surface area contributed by atoms with Crippen LogP contribution in [-0.4, -0.2) is 63.1 Å². The summed E-state index contributed by atoms with van der Waals surface area (Å²) < 4.78 is 2.10. The normalized spacial score (nSPS) is 22.2. The van der Waals surface area contributed by atoms with E-state index in [1.165, 1.54) is 28.8 Å². The van der Waals surface area contributed by atoms with Crippen molar-refractivity contribution in [2.75, 3.05) is 19.6 Å². The maximum absolute atomic E-state index is 13.8. The Labute approximate surface area is 232 Å². The van der Waals surface area contributed by atoms with Crippen LogP contribution in [0.2, 0.25) is 0 Å². The fraction of sp³-hybridized carbons (Fsp3) is 0.387. The van der Waals surface area contributed by atoms with Crippen LogP contribution in [0.1, 0.15) is 49.0 Å². The van der Waals surface area contributed by atoms with Crippen molar-refractivity contribution in [3.63, 3.8) is 0 Å². The van der Waals surface area contributed by atoms with Crippen LogP contribution in [0, 0.1) is 5.41 Å². The van der Waals surface area contributed by atoms with Gasteiger partial charge in [-0.2, -0.15) is 0 Å². The molecule has 3 atom stereocenters. The predicted octanol–water partition coefficient (Wildman–Crippen LogP) is 3.22. The van der Waals surface area contributed by atoms with Crippen molar-refractivity contribution in [3.05, 3.63) is 71.4 Å². The molecule has 0 bridgehead atoms. The summed E-state index contributed by atoms with van der Waals surface area (Å²) in [6, 6.07) is 13.4. The lowest BCUT2D eigenvalue weighted by molar-refractivity contribution is -0.141. The fourth-order valence-electron chi connectivity index (χ4n) is 7.01. The zero-order chi connectivity index (χ0) is 28.0. The highest BCUT2D eigenvalue weighted by molar-refractivity contribution is 6.17. The van der Waals surface area contributed by atoms with Crippen LogP contribution in [0.25, 0.3) is 16.6 Å². The number of hydrogen-bond donors (Lipinski definition) is 4. The molecule has 3 aromatic rings. The molecule has 1 fully saturated rings. The number of amides is 2. The largest absolute Gasteiger partial charge is 0.508 e. The molecule has 0 aliphatic carbocycles. The van der Waals surface area contributed by atoms with E-state index in [2.05, 4.69) is 39.2 Å². The molecule has 4 N–H and O–H groups in total. The molecule has 9 nitrogen and oxygen atoms in total. The Hall–Kier alpha value is -4.11. The van der Waals surface area contributed by atoms with E-state index in [9.17, 15) is 24.6 Å². The number of aromatic hydroxyl groups is 1. The molecule has 2 aromatic carbocycles. The zero-order valence-electron chi connectivity index (χ0n) is 22.5. The molecule has 40 heavy (non-hydrogen) atoms. The van der Waals surface area contributed by atoms with Crippen molar-refractivity contribution < 1.29 is 24.6 Å². The van der Waals surface area contributed by atoms with Gasteiger partial charge in [-0.15, -0.1) is 0 Å². The third kappa shape index (κ3) is 4.34. The topological polar surface area (TPSA) is 124 Å². The number of phenolic OH excluding ortho intramolecular Hbond substituents is 1. The fourth-order valence-corrected chi connectivity index (χ4v) is 7.01. The monoisotopic (exact) mass is 542 g/mol. The van der Waals surface area contributed by atoms with E-state index in [-0.39, 0.29) is 36.1 Å². The van der Waals surface area contributed by atoms with Crippen LogP contribution in [0.3, 0.4) is 0 Å². The van der Waals surface area contributed by atoms with Gasteiger partial charge in [0.2, 0.25) is 5.91 Å². The van der Waals surface area contributed by atoms with Gasteiger partial charge in [0, 0.05) is 29.5 Å². The van der Waals surface area contributed by atoms with Gasteiger partial charge in [0.25, 0.3) is 5.91 Å². The number of aromatic nitrogens is 1. The quantitative estimate of drug-likeness (QED) is 0.347. The third-order valence-corrected chi connectivity index (χ3v) is 8.90. The summed E-state index contributed by atoms with van der Waals surface area (Å²) in [7, 11) is 0. The average molecular weight is 543 g/mol. The summed E-state index contributed by atoms with van der Waals surface area (Å²) in [5.41, 5.74) is 4.54. The average Bonchev–Trinajstić information content (AvgIpc) is 3.30. The molecular formula is C31H34N4O5. The van der Waals surface area contributed by atoms with Crippen molar-refractivity contribution >= 4 is 34.4 Å². The number of para-hydroxylation sites is 1. The van der Waals surface area contributed by atoms with Gasteiger partial charge >= 0.3 is 5.97 Å². The second kappa shape index (κ2) is 10.1. The summed E-state index contributed by atoms with van der Waals surface area (Å²) in [6.45, 7) is 3.91. The van der Waals surface area contributed by atoms with Crippen molar-refractivity contribution in [2.24, 2.45) is 5.41 Å². The van der Waals surface area contributed by atoms with E-state index in [0.717, 1.165) is 44.3 Å². The summed E-state index contributed by atoms with van der Waals surface area (Å²) in [6.07, 6.45) is 6.11. The Balaban J connectivity index is 1.25. The summed E-state index contributed by atoms with van der Waals surface area (Å²) >= 11 is 0. The number of benzene rings is 2. The van der Waals surface area contributed by atoms with E-state index in [1.54, 1.807) is 12.1 Å². The zero-order valence-corrected chi connectivity index (χ0v) is 22.5. The van der Waals surface area contributed by atoms with E-state index in [1.807, 2.05) is 18.2 Å². The van der Waals surface area contributed by atoms with Crippen LogP contribution >= 0.6 is 0 Å². The lowest BCUT2D eigenvalue weighted by Gasteiger charge is -2.53. The standard InChI is InChI=1S/C31H34N4O5/c1-2-31-13-5-14-34-15-12-22-21-6-3-4-7-24(21)35(27(22)28(31)34)25(17-31)29(38)32-18-26(37)33-23(30(39)40)16-19-8-10-20(36)11-9-19/h3-4,6-11,17,23,28,36H,2,5,12-16,18H2,1H3,(H,32,38)(H,33,37)(H,39,40)/t23-,28+,31-/m0/s1. The van der Waals surface area contributed by atoms with Gasteiger partial charge in [-0.3, -0.25) is 14.5 Å². The minimum absolute atomic E-state index is 0.0544. The number of nitrogens with zero attached hydrogens (tertiary/aromatic N) is 2. The Bertz CT molecular complexity index is 1520. The molecule has 0 unspecified atom stereocenters. The Kier molecular flexibility index (Phi) is 6.62. The smallest absolute Gasteiger partial charge is 0.326 e. The minimum atomic E-state index is -1.18. The molecule has 0 spiro atoms. The predicted molar refractivity (Wildman–Crippen MR) is 151 cm³/mol. The van der Waals surface area contributed by atoms with Gasteiger partial charge in [0.1, 0.15) is 17.5 Å². The number of aliphatic carboxylic acids is 1. The number of carboxylic acid groups (broad SMARTS) is 1. The molecule has 3 aliphatic heterocycles. The van der Waals surface area contributed by atoms with Crippen LogP contribution in [-0.2, 0) is 27.2 Å². The molecule has 0 saturated carbocycles. The summed E-state index contributed by atoms with van der Waals surface area (Å²) in [4.78, 5) is 40.9. The number of carboxylic acids is 1. The van der Waals surface area contributed by atoms with E-state index in [4.69, 9.17) is 0 Å². The number of carbonyl (C=O) groups is 3. The first-order valence-corrected chi connectivity index (χ1v) is 14.0. The minimum Gasteiger partial charge on any atom is -0.508 e. The number of carbonyl (C=O) groups excluding carboxylic acids is 2. The first kappa shape index (κ1) is 26.1. The van der Waals surface area contributed by atoms with Crippen molar-refractivity contribution in [3.8, 4) is 5.75 Å². The Morgan fingerprint density at radius 2 is 1.88 bits per heavy atom. The molecule has 9 heteroatoms. The van der Waals surface area contributed by atoms with Crippen LogP contribution in [0.4, 0.5) is 0 Å². The number of hydrogen-bond acceptors (Lipinski definition) is 5. The van der Waals surface area contributed by atoms with Crippen LogP contribution in [0.5, 0.6) is 5.75 Å². The number of nitrogens with one attached hydrogen (secondary N) is 2. The Morgan fingerprint density at radius 1 is 1.10 bits per heavy atom. The number of rotatable bonds is 8. The van der Waals surface area contributed by atoms with Gasteiger partial charge < -0.3 is 25.4 Å². The van der Waals surface area contributed by atoms with Crippen molar-refractivity contribution in [1.29, 1.82) is 0 Å². The number of phenols is 1. The van der Waals surface area contributed by atoms with Crippen LogP contribution < -0.4 is 10.6 Å². The SMILES string of the molecule is CC[C@@]12C=C(C(=O)NCC(=O)N[C@@H](Cc3ccc(O)cc3)C(=O)O)n3c4c(c5ccccc53)CCN(CCC1)[C@H]42. The first-order chi connectivity index (χ1) is 19.3. The molecule has 2 amide bonds. The van der Waals surface area contributed by atoms with Crippen molar-refractivity contribution in [1.82, 2.24) is 20.1 Å². The number of fused-ring (bicyclic) bond motifs is 3. The number of piperidine rings is 1. The highest BCUT2D eigenvalue weighted by Gasteiger charge is 2.51. The van der Waals surface area contributed by atoms with E-state index in [0.29, 0.717) is 11.3 Å². The summed E-state index contributed by atoms with van der Waals surface area (Å²) in [5, 5.41) is 25.6. The van der Waals surface area contributed by atoms with E-state index >= 15 is 0 Å². The highest BCUT2D eigenvalue weighted by atomic mass is 16.4. The maximum Gasteiger partial charge on any atom is 0.326 e. The summed E-state index contributed by atoms with van der Waals surface area (Å²) in [5.74, 6) is -2.03. The second-order valence-corrected chi connectivity index (χ2v) is 11.1. The molecule has 0 radical (unpaired) electrons. The first-order valence-electron chi connectivity index (χ1n) is 14.0. The molecule has 208 valence electrons. The lowest BCUT2D eigenvalue weighted by Crippen LogP contribution is -2.51. The molecular weight excluding hydrogens is 508 g/mol. The van der Waals surface area contributed by atoms with Crippen molar-refractivity contribution in [2.45, 2.75) is 51.1 Å². The van der Waals surface area contributed by atoms with Gasteiger partial charge in [-0.05, 0) is 67.6 Å². The van der Waals surface area contributed by atoms with Gasteiger partial charge in [-0.25, -0.2) is 4.79 Å². The third-order valence-electron chi connectivity index (χ3n) is 8.90. The second-order valence-electron chi connectivity index (χ2n) is 11.1. The Morgan fingerprint density at radius 3 is 2.62 bits per heavy atom. The lowest BCUT2D eigenvalue weighted by atomic mass is 9.66. The van der Waals surface area contributed by atoms with E-state index < -0.39 is 17.9 Å². The van der Waals surface area contributed by atoms with Gasteiger partial charge in [0.05, 0.1) is 18.1 Å². The molecule has 1 saturated heterocycles. The molecule has 3 aliphatic rings. The molecule has 6 rings (SSSR count). The maximum atomic E-state index is 13.8. The molecule has 4 heterocycles. The van der Waals surface area contributed by atoms with Gasteiger partial charge in [-0.1, -0.05) is 37.3 Å². The highest BCUT2D eigenvalue weighted by Crippen LogP contribution is 2.56. The van der Waals surface area contributed by atoms with Gasteiger partial charge in [0.15, 0.2) is 0 Å².